The highest BCUT2D eigenvalue weighted by atomic mass is 32.1. The zero-order chi connectivity index (χ0) is 18.0. The minimum Gasteiger partial charge on any atom is -0.490 e. The molecule has 2 aromatic rings. The Kier molecular flexibility index (Phi) is 4.99. The number of amides is 1. The van der Waals surface area contributed by atoms with Crippen LogP contribution >= 0.6 is 11.3 Å². The van der Waals surface area contributed by atoms with E-state index in [0.717, 1.165) is 17.1 Å². The SMILES string of the molecule is Cc1nc(C(=O)N2CCC(Oc3cccc(C(F)(F)F)c3)CC2)cs1. The van der Waals surface area contributed by atoms with E-state index in [1.165, 1.54) is 23.5 Å². The van der Waals surface area contributed by atoms with Crippen LogP contribution in [0.3, 0.4) is 0 Å². The van der Waals surface area contributed by atoms with Gasteiger partial charge in [-0.05, 0) is 25.1 Å². The first-order valence-electron chi connectivity index (χ1n) is 7.88. The molecule has 4 nitrogen and oxygen atoms in total. The fourth-order valence-electron chi connectivity index (χ4n) is 2.74. The summed E-state index contributed by atoms with van der Waals surface area (Å²) in [6.45, 7) is 2.84. The van der Waals surface area contributed by atoms with Gasteiger partial charge in [-0.25, -0.2) is 4.98 Å². The normalized spacial score (nSPS) is 16.1. The summed E-state index contributed by atoms with van der Waals surface area (Å²) in [6.07, 6.45) is -3.44. The third-order valence-electron chi connectivity index (χ3n) is 4.03. The highest BCUT2D eigenvalue weighted by molar-refractivity contribution is 7.09. The van der Waals surface area contributed by atoms with Gasteiger partial charge in [0, 0.05) is 31.3 Å². The van der Waals surface area contributed by atoms with E-state index in [0.29, 0.717) is 31.6 Å². The summed E-state index contributed by atoms with van der Waals surface area (Å²) in [5, 5.41) is 2.58. The van der Waals surface area contributed by atoms with Crippen molar-refractivity contribution in [2.45, 2.75) is 32.0 Å². The molecule has 1 aliphatic heterocycles. The van der Waals surface area contributed by atoms with Crippen LogP contribution in [0.25, 0.3) is 0 Å². The maximum absolute atomic E-state index is 12.7. The zero-order valence-electron chi connectivity index (χ0n) is 13.5. The second kappa shape index (κ2) is 7.03. The molecule has 8 heteroatoms. The van der Waals surface area contributed by atoms with Crippen LogP contribution in [-0.2, 0) is 6.18 Å². The van der Waals surface area contributed by atoms with E-state index >= 15 is 0 Å². The lowest BCUT2D eigenvalue weighted by molar-refractivity contribution is -0.137. The molecular weight excluding hydrogens is 353 g/mol. The van der Waals surface area contributed by atoms with Gasteiger partial charge in [0.05, 0.1) is 10.6 Å². The maximum atomic E-state index is 12.7. The highest BCUT2D eigenvalue weighted by Gasteiger charge is 2.31. The molecule has 3 rings (SSSR count). The maximum Gasteiger partial charge on any atom is 0.416 e. The smallest absolute Gasteiger partial charge is 0.416 e. The van der Waals surface area contributed by atoms with Crippen LogP contribution in [0.1, 0.15) is 33.9 Å². The molecular formula is C17H17F3N2O2S. The van der Waals surface area contributed by atoms with Crippen LogP contribution < -0.4 is 4.74 Å². The number of ether oxygens (including phenoxy) is 1. The van der Waals surface area contributed by atoms with Gasteiger partial charge in [-0.1, -0.05) is 6.07 Å². The van der Waals surface area contributed by atoms with Crippen molar-refractivity contribution in [3.8, 4) is 5.75 Å². The summed E-state index contributed by atoms with van der Waals surface area (Å²) in [7, 11) is 0. The first kappa shape index (κ1) is 17.7. The standard InChI is InChI=1S/C17H17F3N2O2S/c1-11-21-15(10-25-11)16(23)22-7-5-13(6-8-22)24-14-4-2-3-12(9-14)17(18,19)20/h2-4,9-10,13H,5-8H2,1H3. The molecule has 0 radical (unpaired) electrons. The quantitative estimate of drug-likeness (QED) is 0.815. The van der Waals surface area contributed by atoms with Gasteiger partial charge in [0.25, 0.3) is 5.91 Å². The van der Waals surface area contributed by atoms with Crippen molar-refractivity contribution >= 4 is 17.2 Å². The summed E-state index contributed by atoms with van der Waals surface area (Å²) >= 11 is 1.43. The number of carbonyl (C=O) groups excluding carboxylic acids is 1. The second-order valence-electron chi connectivity index (χ2n) is 5.89. The summed E-state index contributed by atoms with van der Waals surface area (Å²) in [5.74, 6) is 0.0941. The fourth-order valence-corrected chi connectivity index (χ4v) is 3.33. The molecule has 1 aliphatic rings. The molecule has 0 N–H and O–H groups in total. The molecule has 1 fully saturated rings. The van der Waals surface area contributed by atoms with E-state index in [1.807, 2.05) is 6.92 Å². The topological polar surface area (TPSA) is 42.4 Å². The molecule has 134 valence electrons. The van der Waals surface area contributed by atoms with Crippen LogP contribution in [0.15, 0.2) is 29.6 Å². The molecule has 0 aliphatic carbocycles. The van der Waals surface area contributed by atoms with E-state index in [4.69, 9.17) is 4.74 Å². The number of hydrogen-bond donors (Lipinski definition) is 0. The Morgan fingerprint density at radius 2 is 2.04 bits per heavy atom. The number of alkyl halides is 3. The first-order chi connectivity index (χ1) is 11.8. The Morgan fingerprint density at radius 3 is 2.64 bits per heavy atom. The average molecular weight is 370 g/mol. The number of aryl methyl sites for hydroxylation is 1. The Balaban J connectivity index is 1.57. The number of rotatable bonds is 3. The third-order valence-corrected chi connectivity index (χ3v) is 4.80. The van der Waals surface area contributed by atoms with Gasteiger partial charge < -0.3 is 9.64 Å². The Hall–Kier alpha value is -2.09. The summed E-state index contributed by atoms with van der Waals surface area (Å²) in [4.78, 5) is 18.2. The van der Waals surface area contributed by atoms with Crippen LogP contribution in [0.4, 0.5) is 13.2 Å². The van der Waals surface area contributed by atoms with E-state index in [1.54, 1.807) is 10.3 Å². The molecule has 0 spiro atoms. The predicted octanol–water partition coefficient (Wildman–Crippen LogP) is 4.15. The molecule has 1 saturated heterocycles. The van der Waals surface area contributed by atoms with Crippen molar-refractivity contribution in [1.29, 1.82) is 0 Å². The second-order valence-corrected chi connectivity index (χ2v) is 6.95. The Morgan fingerprint density at radius 1 is 1.32 bits per heavy atom. The number of hydrogen-bond acceptors (Lipinski definition) is 4. The van der Waals surface area contributed by atoms with Gasteiger partial charge in [-0.15, -0.1) is 11.3 Å². The van der Waals surface area contributed by atoms with Crippen LogP contribution in [0.5, 0.6) is 5.75 Å². The predicted molar refractivity (Wildman–Crippen MR) is 87.8 cm³/mol. The van der Waals surface area contributed by atoms with Crippen molar-refractivity contribution in [3.63, 3.8) is 0 Å². The van der Waals surface area contributed by atoms with Gasteiger partial charge in [0.1, 0.15) is 17.5 Å². The third kappa shape index (κ3) is 4.31. The van der Waals surface area contributed by atoms with Crippen molar-refractivity contribution in [2.24, 2.45) is 0 Å². The average Bonchev–Trinajstić information content (AvgIpc) is 3.01. The highest BCUT2D eigenvalue weighted by Crippen LogP contribution is 2.32. The van der Waals surface area contributed by atoms with E-state index in [2.05, 4.69) is 4.98 Å². The minimum absolute atomic E-state index is 0.109. The summed E-state index contributed by atoms with van der Waals surface area (Å²) < 4.78 is 43.9. The van der Waals surface area contributed by atoms with E-state index in [9.17, 15) is 18.0 Å². The number of nitrogens with zero attached hydrogens (tertiary/aromatic N) is 2. The summed E-state index contributed by atoms with van der Waals surface area (Å²) in [6, 6.07) is 4.88. The van der Waals surface area contributed by atoms with Gasteiger partial charge in [0.15, 0.2) is 0 Å². The van der Waals surface area contributed by atoms with Crippen molar-refractivity contribution < 1.29 is 22.7 Å². The lowest BCUT2D eigenvalue weighted by atomic mass is 10.1. The molecule has 0 bridgehead atoms. The van der Waals surface area contributed by atoms with Crippen LogP contribution in [-0.4, -0.2) is 35.0 Å². The van der Waals surface area contributed by atoms with Gasteiger partial charge in [-0.3, -0.25) is 4.79 Å². The molecule has 0 unspecified atom stereocenters. The van der Waals surface area contributed by atoms with Crippen molar-refractivity contribution in [3.05, 3.63) is 45.9 Å². The van der Waals surface area contributed by atoms with E-state index in [-0.39, 0.29) is 17.8 Å². The van der Waals surface area contributed by atoms with Crippen LogP contribution in [0.2, 0.25) is 0 Å². The number of halogens is 3. The number of carbonyl (C=O) groups is 1. The minimum atomic E-state index is -4.39. The lowest BCUT2D eigenvalue weighted by Crippen LogP contribution is -2.41. The zero-order valence-corrected chi connectivity index (χ0v) is 14.4. The molecule has 25 heavy (non-hydrogen) atoms. The largest absolute Gasteiger partial charge is 0.490 e. The molecule has 0 atom stereocenters. The number of thiazole rings is 1. The van der Waals surface area contributed by atoms with Gasteiger partial charge in [-0.2, -0.15) is 13.2 Å². The van der Waals surface area contributed by atoms with Crippen molar-refractivity contribution in [1.82, 2.24) is 9.88 Å². The summed E-state index contributed by atoms with van der Waals surface area (Å²) in [5.41, 5.74) is -0.281. The number of piperidine rings is 1. The Labute approximate surface area is 147 Å². The lowest BCUT2D eigenvalue weighted by Gasteiger charge is -2.32. The molecule has 1 aromatic carbocycles. The molecule has 0 saturated carbocycles. The fraction of sp³-hybridized carbons (Fsp3) is 0.412. The monoisotopic (exact) mass is 370 g/mol. The number of likely N-dealkylation sites (tertiary alicyclic amines) is 1. The van der Waals surface area contributed by atoms with E-state index < -0.39 is 11.7 Å². The Bertz CT molecular complexity index is 752. The van der Waals surface area contributed by atoms with Gasteiger partial charge in [0.2, 0.25) is 0 Å². The molecule has 1 aromatic heterocycles. The van der Waals surface area contributed by atoms with Crippen molar-refractivity contribution in [2.75, 3.05) is 13.1 Å². The number of benzene rings is 1. The van der Waals surface area contributed by atoms with Gasteiger partial charge >= 0.3 is 6.18 Å². The number of aromatic nitrogens is 1. The molecule has 1 amide bonds. The molecule has 2 heterocycles. The van der Waals surface area contributed by atoms with Crippen LogP contribution in [0, 0.1) is 6.92 Å². The first-order valence-corrected chi connectivity index (χ1v) is 8.76.